The molecule has 2 nitrogen and oxygen atoms in total. The van der Waals surface area contributed by atoms with Crippen molar-refractivity contribution in [3.05, 3.63) is 54.4 Å². The van der Waals surface area contributed by atoms with Crippen LogP contribution in [0.4, 0.5) is 0 Å². The summed E-state index contributed by atoms with van der Waals surface area (Å²) in [6.07, 6.45) is 4.75. The van der Waals surface area contributed by atoms with Gasteiger partial charge in [-0.2, -0.15) is 0 Å². The van der Waals surface area contributed by atoms with E-state index in [4.69, 9.17) is 0 Å². The number of pyridine rings is 1. The van der Waals surface area contributed by atoms with Gasteiger partial charge in [0, 0.05) is 36.0 Å². The van der Waals surface area contributed by atoms with E-state index in [-0.39, 0.29) is 1.43 Å². The maximum atomic E-state index is 4.14. The van der Waals surface area contributed by atoms with Crippen molar-refractivity contribution in [2.75, 3.05) is 0 Å². The second-order valence-electron chi connectivity index (χ2n) is 4.20. The molecule has 0 amide bonds. The van der Waals surface area contributed by atoms with E-state index in [0.717, 1.165) is 17.7 Å². The zero-order valence-electron chi connectivity index (χ0n) is 9.77. The monoisotopic (exact) mass is 224 g/mol. The van der Waals surface area contributed by atoms with E-state index in [1.807, 2.05) is 12.3 Å². The molecule has 0 unspecified atom stereocenters. The number of H-pyrrole nitrogens is 1. The van der Waals surface area contributed by atoms with Crippen molar-refractivity contribution in [2.45, 2.75) is 13.3 Å². The lowest BCUT2D eigenvalue weighted by Crippen LogP contribution is -1.78. The Morgan fingerprint density at radius 3 is 2.94 bits per heavy atom. The maximum absolute atomic E-state index is 4.14. The third-order valence-electron chi connectivity index (χ3n) is 3.07. The molecule has 2 heteroatoms. The molecule has 0 aliphatic heterocycles. The van der Waals surface area contributed by atoms with Crippen molar-refractivity contribution in [1.29, 1.82) is 0 Å². The first kappa shape index (κ1) is 10.1. The molecule has 0 bridgehead atoms. The Morgan fingerprint density at radius 1 is 1.24 bits per heavy atom. The number of rotatable bonds is 2. The van der Waals surface area contributed by atoms with Crippen LogP contribution in [0.25, 0.3) is 22.2 Å². The molecule has 0 aliphatic rings. The summed E-state index contributed by atoms with van der Waals surface area (Å²) in [5.41, 5.74) is 4.80. The average Bonchev–Trinajstić information content (AvgIpc) is 2.82. The summed E-state index contributed by atoms with van der Waals surface area (Å²) in [5, 5.41) is 1.27. The molecule has 0 fully saturated rings. The fourth-order valence-electron chi connectivity index (χ4n) is 2.08. The molecule has 17 heavy (non-hydrogen) atoms. The van der Waals surface area contributed by atoms with Crippen LogP contribution in [0, 0.1) is 0 Å². The Morgan fingerprint density at radius 2 is 2.18 bits per heavy atom. The van der Waals surface area contributed by atoms with Crippen LogP contribution in [0.1, 0.15) is 13.9 Å². The van der Waals surface area contributed by atoms with E-state index in [1.165, 1.54) is 16.5 Å². The zero-order valence-corrected chi connectivity index (χ0v) is 9.77. The fraction of sp³-hybridized carbons (Fsp3) is 0.133. The molecule has 1 aromatic carbocycles. The van der Waals surface area contributed by atoms with Crippen LogP contribution in [0.15, 0.2) is 48.8 Å². The van der Waals surface area contributed by atoms with Crippen LogP contribution in [0.2, 0.25) is 0 Å². The van der Waals surface area contributed by atoms with E-state index in [9.17, 15) is 0 Å². The topological polar surface area (TPSA) is 28.7 Å². The molecular formula is C15H16N2. The summed E-state index contributed by atoms with van der Waals surface area (Å²) in [6.45, 7) is 2.18. The van der Waals surface area contributed by atoms with Gasteiger partial charge in [-0.25, -0.2) is 0 Å². The molecule has 0 saturated heterocycles. The molecule has 86 valence electrons. The standard InChI is InChI=1S/C15H14N2.H2/c1-2-11-5-6-14-13(8-11)9-15(17-14)12-4-3-7-16-10-12;/h3-10,17H,2H2,1H3;1H. The van der Waals surface area contributed by atoms with Crippen LogP contribution in [-0.2, 0) is 6.42 Å². The van der Waals surface area contributed by atoms with Crippen molar-refractivity contribution in [3.8, 4) is 11.3 Å². The number of aromatic nitrogens is 2. The number of benzene rings is 1. The minimum Gasteiger partial charge on any atom is -0.354 e. The van der Waals surface area contributed by atoms with Crippen molar-refractivity contribution < 1.29 is 1.43 Å². The molecule has 2 aromatic heterocycles. The average molecular weight is 224 g/mol. The molecule has 2 heterocycles. The van der Waals surface area contributed by atoms with Crippen molar-refractivity contribution in [2.24, 2.45) is 0 Å². The maximum Gasteiger partial charge on any atom is 0.0480 e. The summed E-state index contributed by atoms with van der Waals surface area (Å²) >= 11 is 0. The Kier molecular flexibility index (Phi) is 2.41. The lowest BCUT2D eigenvalue weighted by atomic mass is 10.1. The van der Waals surface area contributed by atoms with E-state index >= 15 is 0 Å². The highest BCUT2D eigenvalue weighted by Crippen LogP contribution is 2.24. The number of nitrogens with zero attached hydrogens (tertiary/aromatic N) is 1. The van der Waals surface area contributed by atoms with Crippen LogP contribution < -0.4 is 0 Å². The predicted molar refractivity (Wildman–Crippen MR) is 73.0 cm³/mol. The lowest BCUT2D eigenvalue weighted by Gasteiger charge is -1.95. The van der Waals surface area contributed by atoms with Crippen molar-refractivity contribution in [3.63, 3.8) is 0 Å². The van der Waals surface area contributed by atoms with Gasteiger partial charge >= 0.3 is 0 Å². The molecule has 0 saturated carbocycles. The molecule has 0 aliphatic carbocycles. The summed E-state index contributed by atoms with van der Waals surface area (Å²) in [7, 11) is 0. The zero-order chi connectivity index (χ0) is 11.7. The number of hydrogen-bond donors (Lipinski definition) is 1. The molecule has 3 aromatic rings. The predicted octanol–water partition coefficient (Wildman–Crippen LogP) is 4.04. The molecule has 0 spiro atoms. The van der Waals surface area contributed by atoms with Gasteiger partial charge in [0.2, 0.25) is 0 Å². The largest absolute Gasteiger partial charge is 0.354 e. The Hall–Kier alpha value is -2.09. The highest BCUT2D eigenvalue weighted by molar-refractivity contribution is 5.86. The van der Waals surface area contributed by atoms with Gasteiger partial charge < -0.3 is 4.98 Å². The Labute approximate surface area is 102 Å². The Bertz CT molecular complexity index is 644. The summed E-state index contributed by atoms with van der Waals surface area (Å²) < 4.78 is 0. The van der Waals surface area contributed by atoms with Crippen molar-refractivity contribution >= 4 is 10.9 Å². The highest BCUT2D eigenvalue weighted by Gasteiger charge is 2.03. The number of nitrogens with one attached hydrogen (secondary N) is 1. The van der Waals surface area contributed by atoms with Gasteiger partial charge in [-0.1, -0.05) is 13.0 Å². The first-order valence-electron chi connectivity index (χ1n) is 5.89. The molecule has 3 rings (SSSR count). The van der Waals surface area contributed by atoms with E-state index in [1.54, 1.807) is 6.20 Å². The third kappa shape index (κ3) is 1.82. The number of aryl methyl sites for hydroxylation is 1. The summed E-state index contributed by atoms with van der Waals surface area (Å²) in [4.78, 5) is 7.57. The number of hydrogen-bond acceptors (Lipinski definition) is 1. The second-order valence-corrected chi connectivity index (χ2v) is 4.20. The summed E-state index contributed by atoms with van der Waals surface area (Å²) in [5.74, 6) is 0. The smallest absolute Gasteiger partial charge is 0.0480 e. The number of fused-ring (bicyclic) bond motifs is 1. The van der Waals surface area contributed by atoms with E-state index in [0.29, 0.717) is 0 Å². The first-order chi connectivity index (χ1) is 8.36. The van der Waals surface area contributed by atoms with Gasteiger partial charge in [-0.3, -0.25) is 4.98 Å². The quantitative estimate of drug-likeness (QED) is 0.699. The second kappa shape index (κ2) is 4.06. The van der Waals surface area contributed by atoms with E-state index in [2.05, 4.69) is 47.2 Å². The number of aromatic amines is 1. The van der Waals surface area contributed by atoms with Gasteiger partial charge in [0.05, 0.1) is 0 Å². The van der Waals surface area contributed by atoms with Gasteiger partial charge in [-0.15, -0.1) is 0 Å². The van der Waals surface area contributed by atoms with Crippen LogP contribution >= 0.6 is 0 Å². The van der Waals surface area contributed by atoms with Gasteiger partial charge in [0.15, 0.2) is 0 Å². The van der Waals surface area contributed by atoms with Crippen LogP contribution in [-0.4, -0.2) is 9.97 Å². The van der Waals surface area contributed by atoms with Gasteiger partial charge in [-0.05, 0) is 42.3 Å². The van der Waals surface area contributed by atoms with Gasteiger partial charge in [0.1, 0.15) is 0 Å². The first-order valence-corrected chi connectivity index (χ1v) is 5.89. The highest BCUT2D eigenvalue weighted by atomic mass is 14.7. The van der Waals surface area contributed by atoms with Crippen LogP contribution in [0.3, 0.4) is 0 Å². The van der Waals surface area contributed by atoms with Gasteiger partial charge in [0.25, 0.3) is 0 Å². The minimum atomic E-state index is 0. The molecule has 0 radical (unpaired) electrons. The molecule has 0 atom stereocenters. The normalized spacial score (nSPS) is 10.9. The summed E-state index contributed by atoms with van der Waals surface area (Å²) in [6, 6.07) is 12.8. The SMILES string of the molecule is CCc1ccc2[nH]c(-c3cccnc3)cc2c1.[HH]. The molecular weight excluding hydrogens is 208 g/mol. The lowest BCUT2D eigenvalue weighted by molar-refractivity contribution is 1.15. The van der Waals surface area contributed by atoms with E-state index < -0.39 is 0 Å². The van der Waals surface area contributed by atoms with Crippen molar-refractivity contribution in [1.82, 2.24) is 9.97 Å². The Balaban J connectivity index is 0.00000120. The minimum absolute atomic E-state index is 0. The fourth-order valence-corrected chi connectivity index (χ4v) is 2.08. The van der Waals surface area contributed by atoms with Crippen LogP contribution in [0.5, 0.6) is 0 Å². The third-order valence-corrected chi connectivity index (χ3v) is 3.07. The molecule has 1 N–H and O–H groups in total.